The van der Waals surface area contributed by atoms with E-state index in [4.69, 9.17) is 0 Å². The zero-order valence-electron chi connectivity index (χ0n) is 5.43. The summed E-state index contributed by atoms with van der Waals surface area (Å²) in [5, 5.41) is 0. The third-order valence-electron chi connectivity index (χ3n) is 2.23. The largest absolute Gasteiger partial charge is 0.0988 e. The lowest BCUT2D eigenvalue weighted by Crippen LogP contribution is -1.93. The molecule has 9 heavy (non-hydrogen) atoms. The minimum Gasteiger partial charge on any atom is -0.0988 e. The molecular formula is C9H10. The van der Waals surface area contributed by atoms with Gasteiger partial charge in [0.05, 0.1) is 0 Å². The molecule has 0 bridgehead atoms. The fraction of sp³-hybridized carbons (Fsp3) is 0.333. The van der Waals surface area contributed by atoms with Crippen LogP contribution in [0.4, 0.5) is 0 Å². The van der Waals surface area contributed by atoms with Crippen molar-refractivity contribution in [3.8, 4) is 0 Å². The molecule has 0 aromatic heterocycles. The summed E-state index contributed by atoms with van der Waals surface area (Å²) in [6.45, 7) is 3.74. The van der Waals surface area contributed by atoms with E-state index >= 15 is 0 Å². The molecule has 0 aromatic rings. The van der Waals surface area contributed by atoms with Crippen molar-refractivity contribution >= 4 is 0 Å². The van der Waals surface area contributed by atoms with Gasteiger partial charge in [-0.2, -0.15) is 0 Å². The van der Waals surface area contributed by atoms with Crippen LogP contribution in [0.5, 0.6) is 0 Å². The molecular weight excluding hydrogens is 108 g/mol. The Morgan fingerprint density at radius 3 is 3.00 bits per heavy atom. The van der Waals surface area contributed by atoms with Crippen LogP contribution in [0.15, 0.2) is 36.5 Å². The minimum atomic E-state index is 0.405. The van der Waals surface area contributed by atoms with Crippen LogP contribution >= 0.6 is 0 Å². The first-order valence-electron chi connectivity index (χ1n) is 3.41. The molecule has 46 valence electrons. The maximum Gasteiger partial charge on any atom is 0.0318 e. The second-order valence-electron chi connectivity index (χ2n) is 2.79. The molecule has 0 heterocycles. The van der Waals surface area contributed by atoms with Gasteiger partial charge in [-0.15, -0.1) is 0 Å². The van der Waals surface area contributed by atoms with Crippen molar-refractivity contribution in [1.82, 2.24) is 0 Å². The van der Waals surface area contributed by atoms with Gasteiger partial charge in [0.1, 0.15) is 0 Å². The molecule has 0 fully saturated rings. The minimum absolute atomic E-state index is 0.405. The molecule has 0 N–H and O–H groups in total. The molecule has 0 amide bonds. The van der Waals surface area contributed by atoms with Gasteiger partial charge in [0.15, 0.2) is 0 Å². The van der Waals surface area contributed by atoms with Crippen molar-refractivity contribution in [3.63, 3.8) is 0 Å². The maximum atomic E-state index is 3.74. The molecule has 2 aliphatic rings. The van der Waals surface area contributed by atoms with E-state index in [9.17, 15) is 0 Å². The van der Waals surface area contributed by atoms with Gasteiger partial charge in [0.25, 0.3) is 0 Å². The Morgan fingerprint density at radius 2 is 2.56 bits per heavy atom. The first-order valence-corrected chi connectivity index (χ1v) is 3.41. The molecule has 0 aromatic carbocycles. The lowest BCUT2D eigenvalue weighted by Gasteiger charge is -2.02. The molecule has 0 saturated heterocycles. The first-order chi connectivity index (χ1) is 4.37. The van der Waals surface area contributed by atoms with E-state index in [0.717, 1.165) is 0 Å². The number of hydrogen-bond donors (Lipinski definition) is 0. The van der Waals surface area contributed by atoms with E-state index in [0.29, 0.717) is 5.41 Å². The van der Waals surface area contributed by atoms with Gasteiger partial charge in [-0.05, 0) is 18.4 Å². The standard InChI is InChI=1S/C9H10/c1-2-8-7-9(8)5-3-4-6-9/h2-3,5,7H,1,4,6H2. The molecule has 1 unspecified atom stereocenters. The average Bonchev–Trinajstić information content (AvgIpc) is 2.30. The smallest absolute Gasteiger partial charge is 0.0318 e. The normalized spacial score (nSPS) is 37.1. The summed E-state index contributed by atoms with van der Waals surface area (Å²) < 4.78 is 0. The molecule has 0 heteroatoms. The van der Waals surface area contributed by atoms with Gasteiger partial charge in [-0.25, -0.2) is 0 Å². The number of rotatable bonds is 1. The molecule has 1 atom stereocenters. The van der Waals surface area contributed by atoms with Crippen molar-refractivity contribution in [3.05, 3.63) is 36.5 Å². The van der Waals surface area contributed by atoms with E-state index in [1.807, 2.05) is 6.08 Å². The lowest BCUT2D eigenvalue weighted by atomic mass is 10.0. The Labute approximate surface area is 55.6 Å². The van der Waals surface area contributed by atoms with Crippen molar-refractivity contribution in [1.29, 1.82) is 0 Å². The summed E-state index contributed by atoms with van der Waals surface area (Å²) >= 11 is 0. The second-order valence-corrected chi connectivity index (χ2v) is 2.79. The molecule has 2 aliphatic carbocycles. The highest BCUT2D eigenvalue weighted by Crippen LogP contribution is 2.52. The van der Waals surface area contributed by atoms with Gasteiger partial charge < -0.3 is 0 Å². The number of hydrogen-bond acceptors (Lipinski definition) is 0. The second kappa shape index (κ2) is 1.38. The predicted molar refractivity (Wildman–Crippen MR) is 39.1 cm³/mol. The average molecular weight is 118 g/mol. The van der Waals surface area contributed by atoms with Crippen LogP contribution in [0.2, 0.25) is 0 Å². The highest BCUT2D eigenvalue weighted by molar-refractivity contribution is 5.52. The van der Waals surface area contributed by atoms with Crippen molar-refractivity contribution in [2.24, 2.45) is 5.41 Å². The first kappa shape index (κ1) is 5.04. The summed E-state index contributed by atoms with van der Waals surface area (Å²) in [4.78, 5) is 0. The Kier molecular flexibility index (Phi) is 0.774. The van der Waals surface area contributed by atoms with E-state index < -0.39 is 0 Å². The van der Waals surface area contributed by atoms with E-state index in [-0.39, 0.29) is 0 Å². The van der Waals surface area contributed by atoms with Gasteiger partial charge >= 0.3 is 0 Å². The third-order valence-corrected chi connectivity index (χ3v) is 2.23. The number of allylic oxidation sites excluding steroid dienone is 5. The van der Waals surface area contributed by atoms with Crippen LogP contribution in [-0.4, -0.2) is 0 Å². The fourth-order valence-corrected chi connectivity index (χ4v) is 1.55. The van der Waals surface area contributed by atoms with Crippen LogP contribution in [0, 0.1) is 5.41 Å². The van der Waals surface area contributed by atoms with Crippen LogP contribution in [0.25, 0.3) is 0 Å². The highest BCUT2D eigenvalue weighted by atomic mass is 14.4. The summed E-state index contributed by atoms with van der Waals surface area (Å²) in [7, 11) is 0. The van der Waals surface area contributed by atoms with Gasteiger partial charge in [0.2, 0.25) is 0 Å². The maximum absolute atomic E-state index is 3.74. The monoisotopic (exact) mass is 118 g/mol. The molecule has 1 spiro atoms. The van der Waals surface area contributed by atoms with Crippen molar-refractivity contribution in [2.45, 2.75) is 12.8 Å². The quantitative estimate of drug-likeness (QED) is 0.464. The van der Waals surface area contributed by atoms with Crippen molar-refractivity contribution < 1.29 is 0 Å². The van der Waals surface area contributed by atoms with Crippen LogP contribution in [0.1, 0.15) is 12.8 Å². The SMILES string of the molecule is C=CC1=CC12C=CCC2. The van der Waals surface area contributed by atoms with E-state index in [1.165, 1.54) is 18.4 Å². The highest BCUT2D eigenvalue weighted by Gasteiger charge is 2.40. The van der Waals surface area contributed by atoms with Gasteiger partial charge in [-0.1, -0.05) is 30.9 Å². The van der Waals surface area contributed by atoms with Crippen LogP contribution < -0.4 is 0 Å². The van der Waals surface area contributed by atoms with Crippen LogP contribution in [0.3, 0.4) is 0 Å². The van der Waals surface area contributed by atoms with Gasteiger partial charge in [-0.3, -0.25) is 0 Å². The molecule has 0 nitrogen and oxygen atoms in total. The topological polar surface area (TPSA) is 0 Å². The summed E-state index contributed by atoms with van der Waals surface area (Å²) in [6, 6.07) is 0. The summed E-state index contributed by atoms with van der Waals surface area (Å²) in [5.74, 6) is 0. The van der Waals surface area contributed by atoms with E-state index in [2.05, 4.69) is 24.8 Å². The Morgan fingerprint density at radius 1 is 1.67 bits per heavy atom. The molecule has 2 rings (SSSR count). The van der Waals surface area contributed by atoms with Crippen molar-refractivity contribution in [2.75, 3.05) is 0 Å². The Bertz CT molecular complexity index is 208. The Hall–Kier alpha value is -0.780. The third kappa shape index (κ3) is 0.533. The fourth-order valence-electron chi connectivity index (χ4n) is 1.55. The Balaban J connectivity index is 2.17. The summed E-state index contributed by atoms with van der Waals surface area (Å²) in [5.41, 5.74) is 1.83. The molecule has 0 saturated carbocycles. The zero-order valence-corrected chi connectivity index (χ0v) is 5.43. The molecule has 0 aliphatic heterocycles. The van der Waals surface area contributed by atoms with Crippen LogP contribution in [-0.2, 0) is 0 Å². The molecule has 0 radical (unpaired) electrons. The van der Waals surface area contributed by atoms with Gasteiger partial charge in [0, 0.05) is 5.41 Å². The lowest BCUT2D eigenvalue weighted by molar-refractivity contribution is 0.680. The predicted octanol–water partition coefficient (Wildman–Crippen LogP) is 2.45. The zero-order chi connectivity index (χ0) is 6.32. The van der Waals surface area contributed by atoms with E-state index in [1.54, 1.807) is 0 Å². The summed E-state index contributed by atoms with van der Waals surface area (Å²) in [6.07, 6.45) is 11.3.